The van der Waals surface area contributed by atoms with Crippen LogP contribution in [0.2, 0.25) is 0 Å². The Labute approximate surface area is 211 Å². The van der Waals surface area contributed by atoms with E-state index in [0.717, 1.165) is 5.56 Å². The molecule has 0 radical (unpaired) electrons. The summed E-state index contributed by atoms with van der Waals surface area (Å²) in [5.41, 5.74) is 0.536. The maximum atomic E-state index is 13.0. The number of hydrogen-bond acceptors (Lipinski definition) is 10. The van der Waals surface area contributed by atoms with Crippen molar-refractivity contribution >= 4 is 34.7 Å². The van der Waals surface area contributed by atoms with E-state index in [1.165, 1.54) is 22.2 Å². The minimum absolute atomic E-state index is 0.0607. The molecular weight excluding hydrogens is 486 g/mol. The molecule has 4 rings (SSSR count). The number of pyridine rings is 1. The molecule has 1 aliphatic heterocycles. The molecule has 1 amide bonds. The monoisotopic (exact) mass is 513 g/mol. The summed E-state index contributed by atoms with van der Waals surface area (Å²) in [6.45, 7) is 6.07. The Morgan fingerprint density at radius 3 is 2.89 bits per heavy atom. The molecule has 0 saturated heterocycles. The number of esters is 1. The number of hydrogen-bond donors (Lipinski definition) is 1. The molecule has 3 aromatic heterocycles. The number of ether oxygens (including phenoxy) is 3. The van der Waals surface area contributed by atoms with E-state index in [2.05, 4.69) is 20.4 Å². The van der Waals surface area contributed by atoms with Gasteiger partial charge in [-0.15, -0.1) is 11.3 Å². The van der Waals surface area contributed by atoms with Crippen molar-refractivity contribution in [2.24, 2.45) is 0 Å². The third-order valence-electron chi connectivity index (χ3n) is 4.87. The lowest BCUT2D eigenvalue weighted by Gasteiger charge is -2.19. The van der Waals surface area contributed by atoms with Gasteiger partial charge in [0.2, 0.25) is 5.88 Å². The molecule has 0 atom stereocenters. The first-order valence-electron chi connectivity index (χ1n) is 11.4. The van der Waals surface area contributed by atoms with E-state index >= 15 is 0 Å². The topological polar surface area (TPSA) is 135 Å². The van der Waals surface area contributed by atoms with Gasteiger partial charge in [0.15, 0.2) is 11.5 Å². The van der Waals surface area contributed by atoms with Crippen LogP contribution in [0.15, 0.2) is 29.9 Å². The molecule has 0 fully saturated rings. The van der Waals surface area contributed by atoms with E-state index in [0.29, 0.717) is 37.1 Å². The molecule has 4 bridgehead atoms. The number of rotatable bonds is 2. The van der Waals surface area contributed by atoms with Crippen molar-refractivity contribution in [1.82, 2.24) is 19.7 Å². The normalized spacial score (nSPS) is 15.2. The van der Waals surface area contributed by atoms with Crippen molar-refractivity contribution in [3.63, 3.8) is 0 Å². The van der Waals surface area contributed by atoms with Gasteiger partial charge in [-0.1, -0.05) is 0 Å². The summed E-state index contributed by atoms with van der Waals surface area (Å²) >= 11 is 1.29. The number of amides is 1. The van der Waals surface area contributed by atoms with Crippen molar-refractivity contribution in [1.29, 1.82) is 0 Å². The summed E-state index contributed by atoms with van der Waals surface area (Å²) in [6.07, 6.45) is 3.66. The molecule has 0 aromatic carbocycles. The van der Waals surface area contributed by atoms with Crippen LogP contribution in [0.5, 0.6) is 5.88 Å². The first kappa shape index (κ1) is 25.5. The summed E-state index contributed by atoms with van der Waals surface area (Å²) < 4.78 is 17.8. The minimum atomic E-state index is -0.662. The highest BCUT2D eigenvalue weighted by atomic mass is 32.1. The van der Waals surface area contributed by atoms with Crippen molar-refractivity contribution in [2.45, 2.75) is 45.8 Å². The number of anilines is 1. The second kappa shape index (κ2) is 11.0. The standard InChI is InChI=1S/C24H27N5O6S/c1-24(2,3)35-20(31)13-29-12-16-21(28-29)18(30)5-4-8-33-9-10-34-19-11-15(6-7-25-19)23-27-17(14-36-23)22(32)26-16/h6-7,11-12,14H,4-5,8-10,13H2,1-3H3,(H,26,32). The van der Waals surface area contributed by atoms with Crippen molar-refractivity contribution in [2.75, 3.05) is 25.1 Å². The van der Waals surface area contributed by atoms with Crippen LogP contribution < -0.4 is 10.1 Å². The molecule has 36 heavy (non-hydrogen) atoms. The molecule has 0 saturated carbocycles. The summed E-state index contributed by atoms with van der Waals surface area (Å²) in [5.74, 6) is -0.870. The number of nitrogens with zero attached hydrogens (tertiary/aromatic N) is 4. The zero-order chi connectivity index (χ0) is 25.7. The maximum Gasteiger partial charge on any atom is 0.328 e. The molecule has 0 aliphatic carbocycles. The van der Waals surface area contributed by atoms with Crippen molar-refractivity contribution in [3.05, 3.63) is 41.3 Å². The van der Waals surface area contributed by atoms with Gasteiger partial charge in [0.1, 0.15) is 29.5 Å². The number of Topliss-reactive ketones (excluding diaryl/α,β-unsaturated/α-hetero) is 1. The highest BCUT2D eigenvalue weighted by Gasteiger charge is 2.23. The predicted octanol–water partition coefficient (Wildman–Crippen LogP) is 3.37. The van der Waals surface area contributed by atoms with Gasteiger partial charge in [-0.25, -0.2) is 9.97 Å². The van der Waals surface area contributed by atoms with Crippen LogP contribution in [-0.4, -0.2) is 62.8 Å². The highest BCUT2D eigenvalue weighted by Crippen LogP contribution is 2.27. The highest BCUT2D eigenvalue weighted by molar-refractivity contribution is 7.13. The molecule has 1 N–H and O–H groups in total. The Balaban J connectivity index is 1.61. The molecule has 0 unspecified atom stereocenters. The number of fused-ring (bicyclic) bond motifs is 6. The zero-order valence-corrected chi connectivity index (χ0v) is 21.1. The first-order valence-corrected chi connectivity index (χ1v) is 12.3. The lowest BCUT2D eigenvalue weighted by atomic mass is 10.1. The van der Waals surface area contributed by atoms with Gasteiger partial charge < -0.3 is 19.5 Å². The lowest BCUT2D eigenvalue weighted by molar-refractivity contribution is -0.155. The van der Waals surface area contributed by atoms with Gasteiger partial charge in [-0.2, -0.15) is 5.10 Å². The number of carbonyl (C=O) groups excluding carboxylic acids is 3. The van der Waals surface area contributed by atoms with Crippen LogP contribution in [0, 0.1) is 0 Å². The Hall–Kier alpha value is -3.64. The minimum Gasteiger partial charge on any atom is -0.475 e. The average Bonchev–Trinajstić information content (AvgIpc) is 3.44. The van der Waals surface area contributed by atoms with Crippen LogP contribution in [-0.2, 0) is 20.8 Å². The number of nitrogens with one attached hydrogen (secondary N) is 1. The van der Waals surface area contributed by atoms with E-state index in [1.54, 1.807) is 44.5 Å². The van der Waals surface area contributed by atoms with E-state index < -0.39 is 17.5 Å². The summed E-state index contributed by atoms with van der Waals surface area (Å²) in [6, 6.07) is 3.53. The molecule has 3 aromatic rings. The van der Waals surface area contributed by atoms with E-state index in [1.807, 2.05) is 0 Å². The summed E-state index contributed by atoms with van der Waals surface area (Å²) in [7, 11) is 0. The van der Waals surface area contributed by atoms with Crippen LogP contribution in [0.3, 0.4) is 0 Å². The molecule has 0 spiro atoms. The third kappa shape index (κ3) is 6.73. The van der Waals surface area contributed by atoms with E-state index in [4.69, 9.17) is 14.2 Å². The van der Waals surface area contributed by atoms with Gasteiger partial charge in [0.25, 0.3) is 5.91 Å². The molecule has 11 nitrogen and oxygen atoms in total. The Kier molecular flexibility index (Phi) is 7.75. The van der Waals surface area contributed by atoms with Crippen molar-refractivity contribution < 1.29 is 28.6 Å². The van der Waals surface area contributed by atoms with Gasteiger partial charge in [-0.05, 0) is 33.3 Å². The molecule has 4 heterocycles. The van der Waals surface area contributed by atoms with Gasteiger partial charge in [-0.3, -0.25) is 19.1 Å². The second-order valence-electron chi connectivity index (χ2n) is 9.04. The first-order chi connectivity index (χ1) is 17.2. The molecule has 190 valence electrons. The number of aromatic nitrogens is 4. The number of carbonyl (C=O) groups is 3. The van der Waals surface area contributed by atoms with Gasteiger partial charge in [0, 0.05) is 42.4 Å². The molecular formula is C24H27N5O6S. The Bertz CT molecular complexity index is 1260. The third-order valence-corrected chi connectivity index (χ3v) is 5.77. The van der Waals surface area contributed by atoms with Crippen molar-refractivity contribution in [3.8, 4) is 16.5 Å². The quantitative estimate of drug-likeness (QED) is 0.512. The van der Waals surface area contributed by atoms with Gasteiger partial charge >= 0.3 is 5.97 Å². The molecule has 1 aliphatic rings. The largest absolute Gasteiger partial charge is 0.475 e. The maximum absolute atomic E-state index is 13.0. The fraction of sp³-hybridized carbons (Fsp3) is 0.417. The van der Waals surface area contributed by atoms with E-state index in [-0.39, 0.29) is 35.8 Å². The smallest absolute Gasteiger partial charge is 0.328 e. The van der Waals surface area contributed by atoms with Crippen LogP contribution in [0.4, 0.5) is 5.69 Å². The number of thiazole rings is 1. The SMILES string of the molecule is CC(C)(C)OC(=O)Cn1cc2c(n1)C(=O)CCCOCCOc1cc(ccn1)-c1nc(cs1)C(=O)N2. The fourth-order valence-electron chi connectivity index (χ4n) is 3.38. The van der Waals surface area contributed by atoms with Crippen LogP contribution >= 0.6 is 11.3 Å². The average molecular weight is 514 g/mol. The lowest BCUT2D eigenvalue weighted by Crippen LogP contribution is -2.26. The van der Waals surface area contributed by atoms with Gasteiger partial charge in [0.05, 0.1) is 12.3 Å². The van der Waals surface area contributed by atoms with Crippen LogP contribution in [0.1, 0.15) is 54.6 Å². The predicted molar refractivity (Wildman–Crippen MR) is 131 cm³/mol. The zero-order valence-electron chi connectivity index (χ0n) is 20.3. The Morgan fingerprint density at radius 2 is 2.08 bits per heavy atom. The van der Waals surface area contributed by atoms with E-state index in [9.17, 15) is 14.4 Å². The summed E-state index contributed by atoms with van der Waals surface area (Å²) in [5, 5.41) is 9.23. The molecule has 12 heteroatoms. The summed E-state index contributed by atoms with van der Waals surface area (Å²) in [4.78, 5) is 46.8. The second-order valence-corrected chi connectivity index (χ2v) is 9.90. The van der Waals surface area contributed by atoms with Crippen LogP contribution in [0.25, 0.3) is 10.6 Å². The Morgan fingerprint density at radius 1 is 1.25 bits per heavy atom. The number of ketones is 1. The fourth-order valence-corrected chi connectivity index (χ4v) is 4.18.